The molecule has 0 saturated heterocycles. The fourth-order valence-electron chi connectivity index (χ4n) is 2.10. The molecule has 0 spiro atoms. The second-order valence-corrected chi connectivity index (χ2v) is 5.75. The first-order valence-electron chi connectivity index (χ1n) is 6.97. The minimum atomic E-state index is -0.729. The van der Waals surface area contributed by atoms with Gasteiger partial charge in [0.2, 0.25) is 0 Å². The van der Waals surface area contributed by atoms with Crippen molar-refractivity contribution in [3.05, 3.63) is 35.4 Å². The van der Waals surface area contributed by atoms with Crippen molar-refractivity contribution in [1.29, 1.82) is 0 Å². The van der Waals surface area contributed by atoms with Gasteiger partial charge in [0.25, 0.3) is 0 Å². The predicted octanol–water partition coefficient (Wildman–Crippen LogP) is 3.09. The number of nitrogens with one attached hydrogen (secondary N) is 1. The van der Waals surface area contributed by atoms with Gasteiger partial charge in [-0.2, -0.15) is 0 Å². The molecule has 1 aromatic rings. The molecule has 1 rings (SSSR count). The highest BCUT2D eigenvalue weighted by Gasteiger charge is 2.06. The molecule has 1 unspecified atom stereocenters. The van der Waals surface area contributed by atoms with Crippen LogP contribution in [0.2, 0.25) is 0 Å². The topological polar surface area (TPSA) is 49.3 Å². The van der Waals surface area contributed by atoms with E-state index in [1.54, 1.807) is 0 Å². The Kier molecular flexibility index (Phi) is 6.57. The number of carboxylic acids is 1. The van der Waals surface area contributed by atoms with Crippen molar-refractivity contribution in [2.45, 2.75) is 40.2 Å². The molecule has 0 fully saturated rings. The average Bonchev–Trinajstić information content (AvgIpc) is 2.29. The predicted molar refractivity (Wildman–Crippen MR) is 78.1 cm³/mol. The Bertz CT molecular complexity index is 384. The molecule has 0 saturated carbocycles. The maximum absolute atomic E-state index is 10.5. The van der Waals surface area contributed by atoms with E-state index in [-0.39, 0.29) is 12.3 Å². The van der Waals surface area contributed by atoms with Gasteiger partial charge >= 0.3 is 5.97 Å². The van der Waals surface area contributed by atoms with Gasteiger partial charge in [0.1, 0.15) is 0 Å². The molecule has 0 aliphatic heterocycles. The zero-order valence-corrected chi connectivity index (χ0v) is 12.1. The molecule has 19 heavy (non-hydrogen) atoms. The lowest BCUT2D eigenvalue weighted by Gasteiger charge is -2.11. The molecular formula is C16H25NO2. The molecule has 0 aliphatic rings. The summed E-state index contributed by atoms with van der Waals surface area (Å²) in [5.41, 5.74) is 2.62. The molecule has 0 radical (unpaired) electrons. The third-order valence-corrected chi connectivity index (χ3v) is 3.01. The van der Waals surface area contributed by atoms with Crippen LogP contribution in [-0.2, 0) is 17.8 Å². The summed E-state index contributed by atoms with van der Waals surface area (Å²) >= 11 is 0. The lowest BCUT2D eigenvalue weighted by atomic mass is 10.0. The maximum Gasteiger partial charge on any atom is 0.303 e. The molecule has 1 aromatic carbocycles. The minimum absolute atomic E-state index is 0.165. The third-order valence-electron chi connectivity index (χ3n) is 3.01. The fourth-order valence-corrected chi connectivity index (χ4v) is 2.10. The van der Waals surface area contributed by atoms with Crippen LogP contribution in [0.5, 0.6) is 0 Å². The lowest BCUT2D eigenvalue weighted by Crippen LogP contribution is -2.22. The van der Waals surface area contributed by atoms with Crippen molar-refractivity contribution in [2.24, 2.45) is 11.8 Å². The van der Waals surface area contributed by atoms with E-state index < -0.39 is 5.97 Å². The van der Waals surface area contributed by atoms with Crippen molar-refractivity contribution in [2.75, 3.05) is 6.54 Å². The number of rotatable bonds is 8. The monoisotopic (exact) mass is 263 g/mol. The summed E-state index contributed by atoms with van der Waals surface area (Å²) < 4.78 is 0. The van der Waals surface area contributed by atoms with E-state index in [0.717, 1.165) is 19.5 Å². The second kappa shape index (κ2) is 7.95. The van der Waals surface area contributed by atoms with Gasteiger partial charge in [0, 0.05) is 13.0 Å². The first-order valence-corrected chi connectivity index (χ1v) is 6.97. The normalized spacial score (nSPS) is 12.6. The summed E-state index contributed by atoms with van der Waals surface area (Å²) in [6, 6.07) is 8.65. The van der Waals surface area contributed by atoms with Gasteiger partial charge in [0.05, 0.1) is 0 Å². The Hall–Kier alpha value is -1.35. The number of carboxylic acid groups (broad SMARTS) is 1. The van der Waals surface area contributed by atoms with Crippen LogP contribution in [-0.4, -0.2) is 17.6 Å². The van der Waals surface area contributed by atoms with E-state index in [4.69, 9.17) is 5.11 Å². The van der Waals surface area contributed by atoms with E-state index in [2.05, 4.69) is 43.4 Å². The van der Waals surface area contributed by atoms with E-state index in [9.17, 15) is 4.79 Å². The highest BCUT2D eigenvalue weighted by atomic mass is 16.4. The Morgan fingerprint density at radius 3 is 2.26 bits per heavy atom. The van der Waals surface area contributed by atoms with Crippen LogP contribution in [0.15, 0.2) is 24.3 Å². The zero-order chi connectivity index (χ0) is 14.3. The number of carbonyl (C=O) groups is 1. The van der Waals surface area contributed by atoms with Crippen molar-refractivity contribution >= 4 is 5.97 Å². The summed E-state index contributed by atoms with van der Waals surface area (Å²) in [5.74, 6) is 0.117. The van der Waals surface area contributed by atoms with Crippen LogP contribution in [0.4, 0.5) is 0 Å². The van der Waals surface area contributed by atoms with Gasteiger partial charge < -0.3 is 10.4 Å². The molecule has 2 N–H and O–H groups in total. The highest BCUT2D eigenvalue weighted by molar-refractivity contribution is 5.66. The first kappa shape index (κ1) is 15.7. The van der Waals surface area contributed by atoms with E-state index >= 15 is 0 Å². The molecule has 0 bridgehead atoms. The van der Waals surface area contributed by atoms with Crippen LogP contribution in [0.1, 0.15) is 38.3 Å². The maximum atomic E-state index is 10.5. The Balaban J connectivity index is 2.31. The van der Waals surface area contributed by atoms with Crippen molar-refractivity contribution in [3.8, 4) is 0 Å². The number of hydrogen-bond acceptors (Lipinski definition) is 2. The van der Waals surface area contributed by atoms with Gasteiger partial charge in [-0.15, -0.1) is 0 Å². The van der Waals surface area contributed by atoms with E-state index in [0.29, 0.717) is 5.92 Å². The largest absolute Gasteiger partial charge is 0.481 e. The minimum Gasteiger partial charge on any atom is -0.481 e. The van der Waals surface area contributed by atoms with Crippen LogP contribution in [0.25, 0.3) is 0 Å². The van der Waals surface area contributed by atoms with Crippen molar-refractivity contribution in [3.63, 3.8) is 0 Å². The molecular weight excluding hydrogens is 238 g/mol. The van der Waals surface area contributed by atoms with Crippen LogP contribution in [0, 0.1) is 11.8 Å². The smallest absolute Gasteiger partial charge is 0.303 e. The average molecular weight is 263 g/mol. The Morgan fingerprint density at radius 1 is 1.16 bits per heavy atom. The zero-order valence-electron chi connectivity index (χ0n) is 12.1. The second-order valence-electron chi connectivity index (χ2n) is 5.75. The van der Waals surface area contributed by atoms with Crippen LogP contribution < -0.4 is 5.32 Å². The van der Waals surface area contributed by atoms with Gasteiger partial charge in [-0.25, -0.2) is 0 Å². The molecule has 1 atom stereocenters. The summed E-state index contributed by atoms with van der Waals surface area (Å²) in [6.07, 6.45) is 1.34. The van der Waals surface area contributed by atoms with E-state index in [1.807, 2.05) is 6.92 Å². The lowest BCUT2D eigenvalue weighted by molar-refractivity contribution is -0.137. The first-order chi connectivity index (χ1) is 8.97. The van der Waals surface area contributed by atoms with Gasteiger partial charge in [0.15, 0.2) is 0 Å². The van der Waals surface area contributed by atoms with Crippen molar-refractivity contribution in [1.82, 2.24) is 5.32 Å². The summed E-state index contributed by atoms with van der Waals surface area (Å²) in [7, 11) is 0. The van der Waals surface area contributed by atoms with E-state index in [1.165, 1.54) is 11.1 Å². The van der Waals surface area contributed by atoms with Crippen LogP contribution in [0.3, 0.4) is 0 Å². The number of aliphatic carboxylic acids is 1. The van der Waals surface area contributed by atoms with Gasteiger partial charge in [-0.1, -0.05) is 45.0 Å². The standard InChI is InChI=1S/C16H25NO2/c1-12(2)8-14-4-6-15(7-5-14)11-17-10-13(3)9-16(18)19/h4-7,12-13,17H,8-11H2,1-3H3,(H,18,19). The molecule has 0 aliphatic carbocycles. The van der Waals surface area contributed by atoms with Gasteiger partial charge in [-0.3, -0.25) is 4.79 Å². The fraction of sp³-hybridized carbons (Fsp3) is 0.562. The molecule has 3 heteroatoms. The van der Waals surface area contributed by atoms with Crippen molar-refractivity contribution < 1.29 is 9.90 Å². The number of hydrogen-bond donors (Lipinski definition) is 2. The molecule has 0 amide bonds. The summed E-state index contributed by atoms with van der Waals surface area (Å²) in [6.45, 7) is 7.93. The quantitative estimate of drug-likeness (QED) is 0.757. The molecule has 0 heterocycles. The van der Waals surface area contributed by atoms with Crippen LogP contribution >= 0.6 is 0 Å². The number of benzene rings is 1. The Labute approximate surface area is 116 Å². The Morgan fingerprint density at radius 2 is 1.74 bits per heavy atom. The SMILES string of the molecule is CC(C)Cc1ccc(CNCC(C)CC(=O)O)cc1. The highest BCUT2D eigenvalue weighted by Crippen LogP contribution is 2.10. The molecule has 106 valence electrons. The van der Waals surface area contributed by atoms with Gasteiger partial charge in [-0.05, 0) is 35.9 Å². The summed E-state index contributed by atoms with van der Waals surface area (Å²) in [5, 5.41) is 12.0. The molecule has 3 nitrogen and oxygen atoms in total. The molecule has 0 aromatic heterocycles. The third kappa shape index (κ3) is 6.97. The summed E-state index contributed by atoms with van der Waals surface area (Å²) in [4.78, 5) is 10.5.